The lowest BCUT2D eigenvalue weighted by atomic mass is 9.48. The van der Waals surface area contributed by atoms with Gasteiger partial charge in [0.25, 0.3) is 0 Å². The Morgan fingerprint density at radius 2 is 1.67 bits per heavy atom. The molecule has 30 heavy (non-hydrogen) atoms. The molecule has 1 unspecified atom stereocenters. The van der Waals surface area contributed by atoms with Gasteiger partial charge in [0.2, 0.25) is 0 Å². The van der Waals surface area contributed by atoms with Crippen LogP contribution in [0.25, 0.3) is 0 Å². The minimum Gasteiger partial charge on any atom is -0.389 e. The Kier molecular flexibility index (Phi) is 6.10. The summed E-state index contributed by atoms with van der Waals surface area (Å²) in [6, 6.07) is 0. The molecule has 1 nitrogen and oxygen atoms in total. The molecule has 170 valence electrons. The van der Waals surface area contributed by atoms with Gasteiger partial charge in [0.1, 0.15) is 0 Å². The van der Waals surface area contributed by atoms with Crippen molar-refractivity contribution >= 4 is 0 Å². The number of aliphatic hydroxyl groups excluding tert-OH is 1. The Morgan fingerprint density at radius 1 is 0.933 bits per heavy atom. The summed E-state index contributed by atoms with van der Waals surface area (Å²) in [6.07, 6.45) is 12.7. The van der Waals surface area contributed by atoms with E-state index in [1.54, 1.807) is 0 Å². The lowest BCUT2D eigenvalue weighted by molar-refractivity contribution is 0.00282. The maximum Gasteiger partial charge on any atom is 0.0750 e. The zero-order chi connectivity index (χ0) is 21.8. The van der Waals surface area contributed by atoms with Crippen molar-refractivity contribution in [3.63, 3.8) is 0 Å². The van der Waals surface area contributed by atoms with Gasteiger partial charge in [0.15, 0.2) is 0 Å². The van der Waals surface area contributed by atoms with Crippen LogP contribution in [0.15, 0.2) is 23.3 Å². The fourth-order valence-corrected chi connectivity index (χ4v) is 8.54. The Hall–Kier alpha value is -0.560. The van der Waals surface area contributed by atoms with Crippen LogP contribution in [0.4, 0.5) is 0 Å². The highest BCUT2D eigenvalue weighted by Gasteiger charge is 2.56. The molecule has 0 saturated heterocycles. The summed E-state index contributed by atoms with van der Waals surface area (Å²) in [5.41, 5.74) is 5.72. The van der Waals surface area contributed by atoms with Crippen LogP contribution in [0.2, 0.25) is 0 Å². The average molecular weight is 413 g/mol. The second-order valence-electron chi connectivity index (χ2n) is 12.7. The van der Waals surface area contributed by atoms with Crippen LogP contribution < -0.4 is 0 Å². The first-order chi connectivity index (χ1) is 14.1. The first-order valence-corrected chi connectivity index (χ1v) is 13.2. The van der Waals surface area contributed by atoms with Gasteiger partial charge in [-0.25, -0.2) is 0 Å². The molecule has 0 spiro atoms. The monoisotopic (exact) mass is 412 g/mol. The maximum absolute atomic E-state index is 10.4. The zero-order valence-electron chi connectivity index (χ0n) is 20.8. The summed E-state index contributed by atoms with van der Waals surface area (Å²) in [4.78, 5) is 0. The Labute approximate surface area is 186 Å². The Bertz CT molecular complexity index is 701. The lowest BCUT2D eigenvalue weighted by Gasteiger charge is -2.57. The predicted octanol–water partition coefficient (Wildman–Crippen LogP) is 7.94. The van der Waals surface area contributed by atoms with Gasteiger partial charge in [-0.15, -0.1) is 0 Å². The SMILES string of the molecule is C=C1C2CCC3=C4CC[C@H]([C@H](C)CC[C@@H](C)C(C)C)[C@@]4(C)CC[C@@H]3[C@@]2(C)CC[C@@H]1O. The van der Waals surface area contributed by atoms with Crippen LogP contribution in [0.1, 0.15) is 106 Å². The molecule has 8 atom stereocenters. The summed E-state index contributed by atoms with van der Waals surface area (Å²) in [5.74, 6) is 4.67. The van der Waals surface area contributed by atoms with Crippen LogP contribution in [0, 0.1) is 46.3 Å². The standard InChI is InChI=1S/C29H48O/c1-18(2)19(3)8-9-20(4)23-12-13-25-22-10-11-24-21(5)27(30)15-17-29(24,7)26(22)14-16-28(23,25)6/h18-20,23-24,26-27,30H,5,8-17H2,1-4,6-7H3/t19-,20-,23-,24?,26+,27+,28-,29+/m1/s1. The quantitative estimate of drug-likeness (QED) is 0.454. The first-order valence-electron chi connectivity index (χ1n) is 13.2. The third-order valence-electron chi connectivity index (χ3n) is 11.0. The van der Waals surface area contributed by atoms with E-state index >= 15 is 0 Å². The van der Waals surface area contributed by atoms with Crippen molar-refractivity contribution in [3.8, 4) is 0 Å². The van der Waals surface area contributed by atoms with E-state index in [1.807, 2.05) is 11.1 Å². The van der Waals surface area contributed by atoms with Gasteiger partial charge in [-0.05, 0) is 103 Å². The Balaban J connectivity index is 1.55. The minimum atomic E-state index is -0.254. The zero-order valence-corrected chi connectivity index (χ0v) is 20.8. The molecule has 4 rings (SSSR count). The summed E-state index contributed by atoms with van der Waals surface area (Å²) in [6.45, 7) is 19.3. The van der Waals surface area contributed by atoms with Crippen molar-refractivity contribution in [2.24, 2.45) is 46.3 Å². The molecular formula is C29H48O. The third-order valence-corrected chi connectivity index (χ3v) is 11.0. The Morgan fingerprint density at radius 3 is 2.37 bits per heavy atom. The first kappa shape index (κ1) is 22.6. The normalized spacial score (nSPS) is 43.3. The molecular weight excluding hydrogens is 364 g/mol. The largest absolute Gasteiger partial charge is 0.389 e. The van der Waals surface area contributed by atoms with E-state index < -0.39 is 0 Å². The van der Waals surface area contributed by atoms with E-state index in [0.29, 0.717) is 16.7 Å². The predicted molar refractivity (Wildman–Crippen MR) is 128 cm³/mol. The molecule has 4 aliphatic carbocycles. The van der Waals surface area contributed by atoms with Crippen molar-refractivity contribution in [2.45, 2.75) is 112 Å². The maximum atomic E-state index is 10.4. The fraction of sp³-hybridized carbons (Fsp3) is 0.862. The second kappa shape index (κ2) is 8.09. The fourth-order valence-electron chi connectivity index (χ4n) is 8.54. The van der Waals surface area contributed by atoms with E-state index in [0.717, 1.165) is 41.6 Å². The molecule has 0 bridgehead atoms. The molecule has 0 amide bonds. The summed E-state index contributed by atoms with van der Waals surface area (Å²) < 4.78 is 0. The number of rotatable bonds is 5. The van der Waals surface area contributed by atoms with Crippen molar-refractivity contribution in [3.05, 3.63) is 23.3 Å². The van der Waals surface area contributed by atoms with Crippen LogP contribution >= 0.6 is 0 Å². The molecule has 0 aromatic rings. The van der Waals surface area contributed by atoms with Crippen molar-refractivity contribution in [1.29, 1.82) is 0 Å². The van der Waals surface area contributed by atoms with E-state index in [1.165, 1.54) is 57.8 Å². The minimum absolute atomic E-state index is 0.254. The summed E-state index contributed by atoms with van der Waals surface area (Å²) in [5, 5.41) is 10.4. The number of aliphatic hydroxyl groups is 1. The van der Waals surface area contributed by atoms with E-state index in [-0.39, 0.29) is 6.10 Å². The molecule has 3 fully saturated rings. The van der Waals surface area contributed by atoms with Gasteiger partial charge >= 0.3 is 0 Å². The number of hydrogen-bond acceptors (Lipinski definition) is 1. The van der Waals surface area contributed by atoms with E-state index in [2.05, 4.69) is 48.1 Å². The summed E-state index contributed by atoms with van der Waals surface area (Å²) in [7, 11) is 0. The lowest BCUT2D eigenvalue weighted by Crippen LogP contribution is -2.49. The summed E-state index contributed by atoms with van der Waals surface area (Å²) >= 11 is 0. The van der Waals surface area contributed by atoms with Gasteiger partial charge in [0, 0.05) is 0 Å². The van der Waals surface area contributed by atoms with Gasteiger partial charge in [0.05, 0.1) is 6.10 Å². The van der Waals surface area contributed by atoms with E-state index in [9.17, 15) is 5.11 Å². The van der Waals surface area contributed by atoms with Gasteiger partial charge in [-0.2, -0.15) is 0 Å². The van der Waals surface area contributed by atoms with Crippen molar-refractivity contribution < 1.29 is 5.11 Å². The number of allylic oxidation sites excluding steroid dienone is 2. The van der Waals surface area contributed by atoms with Gasteiger partial charge in [-0.1, -0.05) is 72.1 Å². The molecule has 0 radical (unpaired) electrons. The smallest absolute Gasteiger partial charge is 0.0750 e. The highest BCUT2D eigenvalue weighted by Crippen LogP contribution is 2.66. The second-order valence-corrected chi connectivity index (χ2v) is 12.7. The van der Waals surface area contributed by atoms with Crippen LogP contribution in [-0.2, 0) is 0 Å². The van der Waals surface area contributed by atoms with Gasteiger partial charge in [-0.3, -0.25) is 0 Å². The molecule has 0 aromatic heterocycles. The van der Waals surface area contributed by atoms with Crippen molar-refractivity contribution in [2.75, 3.05) is 0 Å². The van der Waals surface area contributed by atoms with E-state index in [4.69, 9.17) is 0 Å². The highest BCUT2D eigenvalue weighted by atomic mass is 16.3. The topological polar surface area (TPSA) is 20.2 Å². The molecule has 1 heteroatoms. The van der Waals surface area contributed by atoms with Crippen LogP contribution in [-0.4, -0.2) is 11.2 Å². The molecule has 3 saturated carbocycles. The van der Waals surface area contributed by atoms with Gasteiger partial charge < -0.3 is 5.11 Å². The highest BCUT2D eigenvalue weighted by molar-refractivity contribution is 5.36. The molecule has 0 aromatic carbocycles. The molecule has 4 aliphatic rings. The molecule has 0 heterocycles. The number of fused-ring (bicyclic) bond motifs is 4. The molecule has 1 N–H and O–H groups in total. The van der Waals surface area contributed by atoms with Crippen LogP contribution in [0.5, 0.6) is 0 Å². The molecule has 0 aliphatic heterocycles. The third kappa shape index (κ3) is 3.46. The average Bonchev–Trinajstić information content (AvgIpc) is 3.06. The van der Waals surface area contributed by atoms with Crippen LogP contribution in [0.3, 0.4) is 0 Å². The van der Waals surface area contributed by atoms with Crippen molar-refractivity contribution in [1.82, 2.24) is 0 Å². The number of hydrogen-bond donors (Lipinski definition) is 1.